The second kappa shape index (κ2) is 6.16. The zero-order valence-corrected chi connectivity index (χ0v) is 10.5. The highest BCUT2D eigenvalue weighted by Gasteiger charge is 1.99. The van der Waals surface area contributed by atoms with Gasteiger partial charge in [0.15, 0.2) is 0 Å². The van der Waals surface area contributed by atoms with Crippen molar-refractivity contribution in [3.8, 4) is 0 Å². The molecule has 0 saturated heterocycles. The first-order valence-electron chi connectivity index (χ1n) is 6.07. The Bertz CT molecular complexity index is 495. The Hall–Kier alpha value is -1.88. The van der Waals surface area contributed by atoms with Crippen LogP contribution in [0, 0.1) is 0 Å². The lowest BCUT2D eigenvalue weighted by Gasteiger charge is -2.06. The number of aryl methyl sites for hydroxylation is 2. The number of benzene rings is 1. The van der Waals surface area contributed by atoms with Crippen LogP contribution in [0.3, 0.4) is 0 Å². The fraction of sp³-hybridized carbons (Fsp3) is 0.385. The van der Waals surface area contributed by atoms with E-state index in [2.05, 4.69) is 27.8 Å². The summed E-state index contributed by atoms with van der Waals surface area (Å²) in [6.07, 6.45) is 3.59. The molecule has 0 fully saturated rings. The van der Waals surface area contributed by atoms with E-state index in [1.165, 1.54) is 5.56 Å². The van der Waals surface area contributed by atoms with Crippen molar-refractivity contribution in [3.63, 3.8) is 0 Å². The van der Waals surface area contributed by atoms with Crippen molar-refractivity contribution in [1.29, 1.82) is 0 Å². The van der Waals surface area contributed by atoms with Gasteiger partial charge >= 0.3 is 0 Å². The van der Waals surface area contributed by atoms with Crippen molar-refractivity contribution in [1.82, 2.24) is 15.0 Å². The van der Waals surface area contributed by atoms with Crippen molar-refractivity contribution in [2.24, 2.45) is 7.05 Å². The molecule has 1 aromatic carbocycles. The maximum absolute atomic E-state index is 8.82. The minimum atomic E-state index is 0.233. The van der Waals surface area contributed by atoms with Crippen LogP contribution in [0.2, 0.25) is 0 Å². The molecule has 1 aromatic heterocycles. The van der Waals surface area contributed by atoms with Crippen LogP contribution in [-0.4, -0.2) is 26.7 Å². The van der Waals surface area contributed by atoms with Crippen LogP contribution in [0.5, 0.6) is 0 Å². The number of aliphatic hydroxyl groups is 1. The first kappa shape index (κ1) is 12.6. The average Bonchev–Trinajstić information content (AvgIpc) is 2.80. The van der Waals surface area contributed by atoms with E-state index in [9.17, 15) is 0 Å². The molecule has 18 heavy (non-hydrogen) atoms. The molecule has 0 aliphatic carbocycles. The second-order valence-corrected chi connectivity index (χ2v) is 4.26. The molecular weight excluding hydrogens is 228 g/mol. The number of hydrogen-bond acceptors (Lipinski definition) is 4. The summed E-state index contributed by atoms with van der Waals surface area (Å²) in [5.74, 6) is 0. The van der Waals surface area contributed by atoms with Crippen LogP contribution >= 0.6 is 0 Å². The first-order chi connectivity index (χ1) is 8.78. The predicted octanol–water partition coefficient (Wildman–Crippen LogP) is 1.35. The third-order valence-corrected chi connectivity index (χ3v) is 2.67. The SMILES string of the molecule is Cn1cc(CNc2cccc(CCCO)c2)nn1. The van der Waals surface area contributed by atoms with Crippen LogP contribution in [-0.2, 0) is 20.0 Å². The Morgan fingerprint density at radius 1 is 1.39 bits per heavy atom. The highest BCUT2D eigenvalue weighted by Crippen LogP contribution is 2.13. The summed E-state index contributed by atoms with van der Waals surface area (Å²) in [6.45, 7) is 0.897. The molecule has 0 atom stereocenters. The molecule has 0 saturated carbocycles. The summed E-state index contributed by atoms with van der Waals surface area (Å²) < 4.78 is 1.69. The van der Waals surface area contributed by atoms with Gasteiger partial charge in [-0.3, -0.25) is 4.68 Å². The summed E-state index contributed by atoms with van der Waals surface area (Å²) in [6, 6.07) is 8.22. The molecular formula is C13H18N4O. The Labute approximate surface area is 106 Å². The lowest BCUT2D eigenvalue weighted by atomic mass is 10.1. The fourth-order valence-electron chi connectivity index (χ4n) is 1.79. The van der Waals surface area contributed by atoms with E-state index in [-0.39, 0.29) is 6.61 Å². The molecule has 0 unspecified atom stereocenters. The van der Waals surface area contributed by atoms with E-state index in [0.29, 0.717) is 6.54 Å². The number of aliphatic hydroxyl groups excluding tert-OH is 1. The van der Waals surface area contributed by atoms with Crippen LogP contribution in [0.1, 0.15) is 17.7 Å². The standard InChI is InChI=1S/C13H18N4O/c1-17-10-13(15-16-17)9-14-12-6-2-4-11(8-12)5-3-7-18/h2,4,6,8,10,14,18H,3,5,7,9H2,1H3. The molecule has 0 aliphatic rings. The third-order valence-electron chi connectivity index (χ3n) is 2.67. The van der Waals surface area contributed by atoms with E-state index in [0.717, 1.165) is 24.2 Å². The second-order valence-electron chi connectivity index (χ2n) is 4.26. The van der Waals surface area contributed by atoms with E-state index < -0.39 is 0 Å². The number of aromatic nitrogens is 3. The van der Waals surface area contributed by atoms with Crippen molar-refractivity contribution >= 4 is 5.69 Å². The van der Waals surface area contributed by atoms with Gasteiger partial charge in [0.1, 0.15) is 5.69 Å². The van der Waals surface area contributed by atoms with E-state index in [4.69, 9.17) is 5.11 Å². The molecule has 0 aliphatic heterocycles. The number of nitrogens with one attached hydrogen (secondary N) is 1. The Balaban J connectivity index is 1.92. The minimum Gasteiger partial charge on any atom is -0.396 e. The normalized spacial score (nSPS) is 10.6. The largest absolute Gasteiger partial charge is 0.396 e. The molecule has 2 N–H and O–H groups in total. The van der Waals surface area contributed by atoms with Gasteiger partial charge in [0.05, 0.1) is 6.54 Å². The van der Waals surface area contributed by atoms with Crippen LogP contribution in [0.25, 0.3) is 0 Å². The molecule has 0 bridgehead atoms. The van der Waals surface area contributed by atoms with Gasteiger partial charge in [-0.2, -0.15) is 0 Å². The topological polar surface area (TPSA) is 63.0 Å². The van der Waals surface area contributed by atoms with Gasteiger partial charge in [0, 0.05) is 25.5 Å². The highest BCUT2D eigenvalue weighted by atomic mass is 16.2. The molecule has 5 nitrogen and oxygen atoms in total. The summed E-state index contributed by atoms with van der Waals surface area (Å²) in [5.41, 5.74) is 3.21. The van der Waals surface area contributed by atoms with Crippen molar-refractivity contribution in [2.75, 3.05) is 11.9 Å². The molecule has 5 heteroatoms. The van der Waals surface area contributed by atoms with E-state index in [1.54, 1.807) is 4.68 Å². The molecule has 2 aromatic rings. The molecule has 2 rings (SSSR count). The van der Waals surface area contributed by atoms with Crippen LogP contribution in [0.4, 0.5) is 5.69 Å². The highest BCUT2D eigenvalue weighted by molar-refractivity contribution is 5.45. The smallest absolute Gasteiger partial charge is 0.102 e. The maximum Gasteiger partial charge on any atom is 0.102 e. The van der Waals surface area contributed by atoms with Crippen molar-refractivity contribution in [3.05, 3.63) is 41.7 Å². The summed E-state index contributed by atoms with van der Waals surface area (Å²) in [4.78, 5) is 0. The zero-order chi connectivity index (χ0) is 12.8. The first-order valence-corrected chi connectivity index (χ1v) is 6.07. The number of anilines is 1. The molecule has 0 radical (unpaired) electrons. The monoisotopic (exact) mass is 246 g/mol. The summed E-state index contributed by atoms with van der Waals surface area (Å²) in [7, 11) is 1.85. The number of nitrogens with zero attached hydrogens (tertiary/aromatic N) is 3. The van der Waals surface area contributed by atoms with Crippen molar-refractivity contribution < 1.29 is 5.11 Å². The summed E-state index contributed by atoms with van der Waals surface area (Å²) in [5, 5.41) is 20.0. The van der Waals surface area contributed by atoms with Gasteiger partial charge in [-0.15, -0.1) is 5.10 Å². The average molecular weight is 246 g/mol. The van der Waals surface area contributed by atoms with Crippen LogP contribution in [0.15, 0.2) is 30.5 Å². The van der Waals surface area contributed by atoms with E-state index >= 15 is 0 Å². The van der Waals surface area contributed by atoms with Crippen LogP contribution < -0.4 is 5.32 Å². The quantitative estimate of drug-likeness (QED) is 0.807. The van der Waals surface area contributed by atoms with Gasteiger partial charge < -0.3 is 10.4 Å². The van der Waals surface area contributed by atoms with E-state index in [1.807, 2.05) is 25.4 Å². The third kappa shape index (κ3) is 3.56. The Morgan fingerprint density at radius 2 is 2.28 bits per heavy atom. The van der Waals surface area contributed by atoms with Crippen molar-refractivity contribution in [2.45, 2.75) is 19.4 Å². The van der Waals surface area contributed by atoms with Gasteiger partial charge in [0.25, 0.3) is 0 Å². The zero-order valence-electron chi connectivity index (χ0n) is 10.5. The molecule has 0 amide bonds. The number of rotatable bonds is 6. The Morgan fingerprint density at radius 3 is 3.00 bits per heavy atom. The predicted molar refractivity (Wildman–Crippen MR) is 70.2 cm³/mol. The maximum atomic E-state index is 8.82. The number of hydrogen-bond donors (Lipinski definition) is 2. The van der Waals surface area contributed by atoms with Gasteiger partial charge in [0.2, 0.25) is 0 Å². The van der Waals surface area contributed by atoms with Gasteiger partial charge in [-0.1, -0.05) is 17.3 Å². The lowest BCUT2D eigenvalue weighted by molar-refractivity contribution is 0.288. The summed E-state index contributed by atoms with van der Waals surface area (Å²) >= 11 is 0. The Kier molecular flexibility index (Phi) is 4.30. The molecule has 0 spiro atoms. The van der Waals surface area contributed by atoms with Gasteiger partial charge in [-0.25, -0.2) is 0 Å². The fourth-order valence-corrected chi connectivity index (χ4v) is 1.79. The molecule has 96 valence electrons. The lowest BCUT2D eigenvalue weighted by Crippen LogP contribution is -2.00. The van der Waals surface area contributed by atoms with Gasteiger partial charge in [-0.05, 0) is 30.5 Å². The minimum absolute atomic E-state index is 0.233. The molecule has 1 heterocycles.